The van der Waals surface area contributed by atoms with Gasteiger partial charge >= 0.3 is 11.9 Å². The van der Waals surface area contributed by atoms with Crippen LogP contribution in [0.5, 0.6) is 11.5 Å². The monoisotopic (exact) mass is 1850 g/mol. The maximum absolute atomic E-state index is 12.8. The molecule has 0 radical (unpaired) electrons. The largest absolute Gasteiger partial charge is 0.495 e. The van der Waals surface area contributed by atoms with Crippen molar-refractivity contribution in [1.82, 2.24) is 9.97 Å². The van der Waals surface area contributed by atoms with Gasteiger partial charge in [-0.2, -0.15) is 10.5 Å². The Morgan fingerprint density at radius 3 is 0.903 bits per heavy atom. The molecule has 0 saturated carbocycles. The summed E-state index contributed by atoms with van der Waals surface area (Å²) in [4.78, 5) is 49.7. The van der Waals surface area contributed by atoms with Crippen LogP contribution in [0.4, 0.5) is 57.1 Å². The summed E-state index contributed by atoms with van der Waals surface area (Å²) in [7, 11) is 6.01. The summed E-state index contributed by atoms with van der Waals surface area (Å²) < 4.78 is 23.3. The second kappa shape index (κ2) is 33.7. The third-order valence-corrected chi connectivity index (χ3v) is 29.6. The number of nitriles is 2. The fourth-order valence-corrected chi connectivity index (χ4v) is 23.2. The van der Waals surface area contributed by atoms with Crippen molar-refractivity contribution in [2.45, 2.75) is 10.8 Å². The number of hydrogen-bond donors (Lipinski definition) is 2. The number of fused-ring (bicyclic) bond motifs is 20. The molecule has 4 heterocycles. The first-order valence-corrected chi connectivity index (χ1v) is 47.7. The first kappa shape index (κ1) is 85.0. The number of carbonyl (C=O) groups excluding carboxylic acids is 2. The van der Waals surface area contributed by atoms with E-state index in [0.29, 0.717) is 68.4 Å². The van der Waals surface area contributed by atoms with Gasteiger partial charge in [-0.15, -0.1) is 0 Å². The van der Waals surface area contributed by atoms with Gasteiger partial charge in [0, 0.05) is 79.5 Å². The number of allylic oxidation sites excluding steroid dienone is 2. The maximum Gasteiger partial charge on any atom is 0.338 e. The van der Waals surface area contributed by atoms with Gasteiger partial charge in [-0.1, -0.05) is 267 Å². The van der Waals surface area contributed by atoms with Crippen molar-refractivity contribution in [3.05, 3.63) is 491 Å². The van der Waals surface area contributed by atoms with E-state index in [1.807, 2.05) is 122 Å². The maximum atomic E-state index is 12.8. The molecule has 18 aromatic carbocycles. The molecule has 16 nitrogen and oxygen atoms in total. The first-order valence-electron chi connectivity index (χ1n) is 47.7. The summed E-state index contributed by atoms with van der Waals surface area (Å²) >= 11 is 0. The Hall–Kier alpha value is -19.4. The number of pyridine rings is 2. The molecule has 2 spiro atoms. The summed E-state index contributed by atoms with van der Waals surface area (Å²) in [5.74, 6) is 2.30. The van der Waals surface area contributed by atoms with Crippen LogP contribution in [0.2, 0.25) is 0 Å². The van der Waals surface area contributed by atoms with Gasteiger partial charge in [0.25, 0.3) is 0 Å². The Balaban J connectivity index is 0.550. The van der Waals surface area contributed by atoms with Gasteiger partial charge in [0.15, 0.2) is 11.6 Å². The summed E-state index contributed by atoms with van der Waals surface area (Å²) in [5.41, 5.74) is 36.8. The van der Waals surface area contributed by atoms with Crippen LogP contribution in [0, 0.1) is 22.7 Å². The van der Waals surface area contributed by atoms with Gasteiger partial charge in [-0.25, -0.2) is 29.5 Å². The molecule has 16 heteroatoms. The smallest absolute Gasteiger partial charge is 0.338 e. The van der Waals surface area contributed by atoms with Crippen LogP contribution in [-0.2, 0) is 20.3 Å². The topological polar surface area (TPSA) is 200 Å². The summed E-state index contributed by atoms with van der Waals surface area (Å²) in [5, 5.41) is 33.5. The Morgan fingerprint density at radius 2 is 0.597 bits per heavy atom. The lowest BCUT2D eigenvalue weighted by molar-refractivity contribution is 0.0594. The SMILES string of the molecule is COC(=O)c1ccc2c3c(cccc13)/C(=N/c1ccc(-c3ccc(N(c4ccc(-c5ccc6c(c5)C5(c7ccccc7-c7ccccc75)c5ccccc5-6)cc4)c4ccc(/C(C#N)=C(\C#N)c5ccc(N(c6ccc(-c7ccc(/N=C8\Nc9ccc(C(=O)OC)c%10cccc8c9%10)nc7)cc6)c6ccc(-c7ccc8c(c7)C7(c9ccccc9-c9ccccc97)c7ccccc7-8)cc6)c(OC)c5)cc4OC)cc3)cn1)N2. The molecule has 680 valence electrons. The van der Waals surface area contributed by atoms with E-state index in [2.05, 4.69) is 312 Å². The Bertz CT molecular complexity index is 8420. The highest BCUT2D eigenvalue weighted by Gasteiger charge is 2.54. The Labute approximate surface area is 830 Å². The second-order valence-electron chi connectivity index (χ2n) is 36.6. The van der Waals surface area contributed by atoms with Crippen LogP contribution >= 0.6 is 0 Å². The van der Waals surface area contributed by atoms with Crippen LogP contribution in [0.15, 0.2) is 423 Å². The molecule has 2 aliphatic heterocycles. The summed E-state index contributed by atoms with van der Waals surface area (Å²) in [6.45, 7) is 0. The number of hydrogen-bond acceptors (Lipinski definition) is 14. The zero-order chi connectivity index (χ0) is 96.7. The molecule has 2 N–H and O–H groups in total. The lowest BCUT2D eigenvalue weighted by Gasteiger charge is -2.30. The number of rotatable bonds is 18. The summed E-state index contributed by atoms with van der Waals surface area (Å²) in [6, 6.07) is 144. The van der Waals surface area contributed by atoms with Gasteiger partial charge in [0.05, 0.1) is 72.9 Å². The van der Waals surface area contributed by atoms with Gasteiger partial charge < -0.3 is 39.4 Å². The van der Waals surface area contributed by atoms with Gasteiger partial charge in [-0.3, -0.25) is 0 Å². The number of carbonyl (C=O) groups is 2. The molecule has 0 amide bonds. The molecule has 20 aromatic rings. The predicted molar refractivity (Wildman–Crippen MR) is 574 cm³/mol. The molecule has 4 aliphatic carbocycles. The highest BCUT2D eigenvalue weighted by atomic mass is 16.5. The van der Waals surface area contributed by atoms with Crippen LogP contribution in [-0.4, -0.2) is 62.0 Å². The minimum absolute atomic E-state index is 0.123. The Kier molecular flexibility index (Phi) is 19.9. The lowest BCUT2D eigenvalue weighted by Crippen LogP contribution is -2.25. The van der Waals surface area contributed by atoms with Crippen LogP contribution in [0.3, 0.4) is 0 Å². The highest BCUT2D eigenvalue weighted by Crippen LogP contribution is 2.66. The number of esters is 2. The quantitative estimate of drug-likeness (QED) is 0.0467. The predicted octanol–water partition coefficient (Wildman–Crippen LogP) is 29.6. The lowest BCUT2D eigenvalue weighted by atomic mass is 9.70. The van der Waals surface area contributed by atoms with Crippen molar-refractivity contribution in [3.63, 3.8) is 0 Å². The van der Waals surface area contributed by atoms with Crippen molar-refractivity contribution >= 4 is 113 Å². The molecular weight excluding hydrogens is 1770 g/mol. The van der Waals surface area contributed by atoms with E-state index in [0.717, 1.165) is 111 Å². The average molecular weight is 1860 g/mol. The minimum Gasteiger partial charge on any atom is -0.495 e. The Morgan fingerprint density at radius 1 is 0.299 bits per heavy atom. The normalized spacial score (nSPS) is 13.8. The number of ether oxygens (including phenoxy) is 4. The third-order valence-electron chi connectivity index (χ3n) is 29.6. The molecule has 0 saturated heterocycles. The number of nitrogens with one attached hydrogen (secondary N) is 2. The molecule has 6 aliphatic rings. The molecule has 0 bridgehead atoms. The number of amidine groups is 2. The minimum atomic E-state index is -0.524. The van der Waals surface area contributed by atoms with E-state index in [-0.39, 0.29) is 11.1 Å². The molecule has 26 rings (SSSR count). The average Bonchev–Trinajstić information content (AvgIpc) is 1.51. The van der Waals surface area contributed by atoms with Gasteiger partial charge in [-0.05, 0) is 278 Å². The van der Waals surface area contributed by atoms with E-state index < -0.39 is 22.8 Å². The van der Waals surface area contributed by atoms with Crippen molar-refractivity contribution < 1.29 is 28.5 Å². The van der Waals surface area contributed by atoms with Crippen molar-refractivity contribution in [2.75, 3.05) is 48.9 Å². The van der Waals surface area contributed by atoms with Crippen molar-refractivity contribution in [1.29, 1.82) is 10.5 Å². The first-order chi connectivity index (χ1) is 70.9. The zero-order valence-corrected chi connectivity index (χ0v) is 78.3. The van der Waals surface area contributed by atoms with Crippen LogP contribution in [0.25, 0.3) is 122 Å². The number of anilines is 8. The number of aliphatic imine (C=N–C) groups is 2. The molecule has 2 aromatic heterocycles. The standard InChI is InChI=1S/C128H82N10O6/c1-141-117-69-81(45-63-115(117)137(87-53-39-77(40-54-87)83-47-65-119(131-73-83)135-123-101-27-17-25-97-99(125(139)143-3)59-61-113(133-123)121(97)101)85-49-35-75(36-50-85)79-43-57-95-93-23-9-15-33-109(93)127(111(95)67-79)105-29-11-5-19-89(105)90-20-6-12-30-106(90)127)103(71-129)104(72-130)82-46-64-116(118(70-82)142-2)138(88-55-41-78(42-56-88)84-48-66-120(132-74-84)136-124-102-28-18-26-98-100(126(140)144-4)60-62-114(134-124)122(98)102)86-51-37-76(38-52-86)80-44-58-96-94-24-10-16-34-110(94)128(112(96)68-80)107-31-13-7-21-91(107)92-22-8-14-32-108(92)128/h5-70,73-74H,1-4H3,(H,131,133,135)(H,132,134,136)/b104-103+. The van der Waals surface area contributed by atoms with E-state index in [4.69, 9.17) is 38.9 Å². The number of benzene rings is 18. The fraction of sp³-hybridized carbons (Fsp3) is 0.0469. The van der Waals surface area contributed by atoms with E-state index >= 15 is 0 Å². The molecule has 0 unspecified atom stereocenters. The van der Waals surface area contributed by atoms with Crippen LogP contribution < -0.4 is 29.9 Å². The zero-order valence-electron chi connectivity index (χ0n) is 78.3. The number of nitrogens with zero attached hydrogens (tertiary/aromatic N) is 8. The van der Waals surface area contributed by atoms with E-state index in [1.165, 1.54) is 103 Å². The third kappa shape index (κ3) is 13.1. The molecule has 144 heavy (non-hydrogen) atoms. The van der Waals surface area contributed by atoms with Gasteiger partial charge in [0.2, 0.25) is 0 Å². The van der Waals surface area contributed by atoms with E-state index in [9.17, 15) is 20.1 Å². The highest BCUT2D eigenvalue weighted by molar-refractivity contribution is 6.30. The molecule has 0 fully saturated rings. The summed E-state index contributed by atoms with van der Waals surface area (Å²) in [6.07, 6.45) is 3.64. The fourth-order valence-electron chi connectivity index (χ4n) is 23.2. The van der Waals surface area contributed by atoms with Crippen molar-refractivity contribution in [3.8, 4) is 113 Å². The number of aromatic nitrogens is 2. The molecule has 0 atom stereocenters. The number of methoxy groups -OCH3 is 4. The van der Waals surface area contributed by atoms with Crippen LogP contribution in [0.1, 0.15) is 87.5 Å². The van der Waals surface area contributed by atoms with E-state index in [1.54, 1.807) is 26.4 Å². The van der Waals surface area contributed by atoms with Gasteiger partial charge in [0.1, 0.15) is 35.3 Å². The van der Waals surface area contributed by atoms with Crippen molar-refractivity contribution in [2.24, 2.45) is 9.98 Å². The second-order valence-corrected chi connectivity index (χ2v) is 36.6. The molecular formula is C128H82N10O6.